The third-order valence-corrected chi connectivity index (χ3v) is 6.24. The molecule has 4 rings (SSSR count). The minimum atomic E-state index is -0.963. The van der Waals surface area contributed by atoms with Gasteiger partial charge in [-0.15, -0.1) is 11.3 Å². The second-order valence-electron chi connectivity index (χ2n) is 8.07. The molecule has 1 atom stereocenters. The van der Waals surface area contributed by atoms with E-state index >= 15 is 0 Å². The minimum Gasteiger partial charge on any atom is -0.318 e. The summed E-state index contributed by atoms with van der Waals surface area (Å²) in [5.41, 5.74) is 1.64. The van der Waals surface area contributed by atoms with Crippen LogP contribution in [0.4, 0.5) is 13.9 Å². The number of halogens is 2. The molecule has 6 nitrogen and oxygen atoms in total. The number of benzene rings is 1. The van der Waals surface area contributed by atoms with Crippen LogP contribution in [0.1, 0.15) is 44.8 Å². The molecule has 0 saturated carbocycles. The Balaban J connectivity index is 1.51. The van der Waals surface area contributed by atoms with Gasteiger partial charge in [0.2, 0.25) is 5.91 Å². The predicted octanol–water partition coefficient (Wildman–Crippen LogP) is 4.59. The molecule has 1 aliphatic rings. The lowest BCUT2D eigenvalue weighted by Gasteiger charge is -2.25. The van der Waals surface area contributed by atoms with Crippen molar-refractivity contribution >= 4 is 33.4 Å². The van der Waals surface area contributed by atoms with E-state index in [2.05, 4.69) is 20.2 Å². The maximum absolute atomic E-state index is 13.8. The van der Waals surface area contributed by atoms with Gasteiger partial charge in [0.15, 0.2) is 16.8 Å². The summed E-state index contributed by atoms with van der Waals surface area (Å²) >= 11 is 1.40. The molecule has 1 fully saturated rings. The SMILES string of the molecule is CC(C)C(C(=O)Nc1nc(CN2CCCCC2)cs1)n1cnc2cc(F)c(F)cc21. The Morgan fingerprint density at radius 3 is 2.67 bits per heavy atom. The Morgan fingerprint density at radius 1 is 1.20 bits per heavy atom. The van der Waals surface area contributed by atoms with E-state index in [0.717, 1.165) is 37.5 Å². The number of imidazole rings is 1. The maximum Gasteiger partial charge on any atom is 0.249 e. The third-order valence-electron chi connectivity index (χ3n) is 5.43. The zero-order valence-electron chi connectivity index (χ0n) is 17.1. The molecule has 0 bridgehead atoms. The first-order valence-corrected chi connectivity index (χ1v) is 11.1. The average Bonchev–Trinajstić information content (AvgIpc) is 3.30. The second kappa shape index (κ2) is 8.77. The van der Waals surface area contributed by atoms with E-state index in [4.69, 9.17) is 0 Å². The van der Waals surface area contributed by atoms with Gasteiger partial charge in [-0.05, 0) is 31.8 Å². The summed E-state index contributed by atoms with van der Waals surface area (Å²) in [4.78, 5) is 24.2. The van der Waals surface area contributed by atoms with Gasteiger partial charge in [0.25, 0.3) is 0 Å². The molecule has 3 aromatic rings. The first-order valence-electron chi connectivity index (χ1n) is 10.2. The van der Waals surface area contributed by atoms with Gasteiger partial charge < -0.3 is 9.88 Å². The maximum atomic E-state index is 13.8. The molecule has 2 aromatic heterocycles. The molecule has 1 N–H and O–H groups in total. The number of anilines is 1. The van der Waals surface area contributed by atoms with Gasteiger partial charge in [0.05, 0.1) is 23.1 Å². The van der Waals surface area contributed by atoms with Crippen LogP contribution in [0, 0.1) is 17.6 Å². The number of hydrogen-bond acceptors (Lipinski definition) is 5. The lowest BCUT2D eigenvalue weighted by Crippen LogP contribution is -2.30. The molecule has 9 heteroatoms. The number of carbonyl (C=O) groups excluding carboxylic acids is 1. The molecule has 1 amide bonds. The van der Waals surface area contributed by atoms with Crippen LogP contribution >= 0.6 is 11.3 Å². The summed E-state index contributed by atoms with van der Waals surface area (Å²) in [6.45, 7) is 6.76. The van der Waals surface area contributed by atoms with Crippen LogP contribution in [0.3, 0.4) is 0 Å². The molecule has 0 spiro atoms. The number of rotatable bonds is 6. The summed E-state index contributed by atoms with van der Waals surface area (Å²) < 4.78 is 28.9. The molecule has 1 saturated heterocycles. The summed E-state index contributed by atoms with van der Waals surface area (Å²) in [7, 11) is 0. The van der Waals surface area contributed by atoms with Gasteiger partial charge in [0, 0.05) is 24.1 Å². The minimum absolute atomic E-state index is 0.0942. The number of nitrogens with zero attached hydrogens (tertiary/aromatic N) is 4. The fraction of sp³-hybridized carbons (Fsp3) is 0.476. The number of aromatic nitrogens is 3. The van der Waals surface area contributed by atoms with Gasteiger partial charge in [0.1, 0.15) is 6.04 Å². The highest BCUT2D eigenvalue weighted by atomic mass is 32.1. The van der Waals surface area contributed by atoms with Crippen molar-refractivity contribution in [1.82, 2.24) is 19.4 Å². The topological polar surface area (TPSA) is 63.1 Å². The van der Waals surface area contributed by atoms with Crippen LogP contribution in [0.15, 0.2) is 23.8 Å². The van der Waals surface area contributed by atoms with Crippen molar-refractivity contribution in [3.8, 4) is 0 Å². The quantitative estimate of drug-likeness (QED) is 0.618. The van der Waals surface area contributed by atoms with Crippen molar-refractivity contribution in [2.24, 2.45) is 5.92 Å². The lowest BCUT2D eigenvalue weighted by atomic mass is 10.0. The first-order chi connectivity index (χ1) is 14.4. The molecule has 0 radical (unpaired) electrons. The van der Waals surface area contributed by atoms with Gasteiger partial charge >= 0.3 is 0 Å². The van der Waals surface area contributed by atoms with E-state index in [0.29, 0.717) is 16.2 Å². The van der Waals surface area contributed by atoms with Crippen LogP contribution in [0.25, 0.3) is 11.0 Å². The molecule has 1 unspecified atom stereocenters. The van der Waals surface area contributed by atoms with Crippen LogP contribution < -0.4 is 5.32 Å². The van der Waals surface area contributed by atoms with E-state index in [1.165, 1.54) is 36.9 Å². The second-order valence-corrected chi connectivity index (χ2v) is 8.92. The molecule has 1 aromatic carbocycles. The van der Waals surface area contributed by atoms with Crippen LogP contribution in [-0.4, -0.2) is 38.4 Å². The third kappa shape index (κ3) is 4.37. The Labute approximate surface area is 177 Å². The smallest absolute Gasteiger partial charge is 0.249 e. The van der Waals surface area contributed by atoms with Crippen molar-refractivity contribution in [2.45, 2.75) is 45.7 Å². The van der Waals surface area contributed by atoms with E-state index in [1.54, 1.807) is 4.57 Å². The molecule has 3 heterocycles. The monoisotopic (exact) mass is 433 g/mol. The number of carbonyl (C=O) groups is 1. The zero-order valence-corrected chi connectivity index (χ0v) is 17.9. The van der Waals surface area contributed by atoms with Gasteiger partial charge in [-0.3, -0.25) is 9.69 Å². The summed E-state index contributed by atoms with van der Waals surface area (Å²) in [6, 6.07) is 1.50. The number of amides is 1. The molecule has 160 valence electrons. The highest BCUT2D eigenvalue weighted by Gasteiger charge is 2.27. The molecule has 1 aliphatic heterocycles. The Bertz CT molecular complexity index is 1040. The zero-order chi connectivity index (χ0) is 21.3. The standard InChI is InChI=1S/C21H25F2N5OS/c1-13(2)19(28-12-24-17-8-15(22)16(23)9-18(17)28)20(29)26-21-25-14(11-30-21)10-27-6-4-3-5-7-27/h8-9,11-13,19H,3-7,10H2,1-2H3,(H,25,26,29). The summed E-state index contributed by atoms with van der Waals surface area (Å²) in [6.07, 6.45) is 5.17. The first kappa shape index (κ1) is 20.9. The normalized spacial score (nSPS) is 16.3. The van der Waals surface area contributed by atoms with E-state index < -0.39 is 17.7 Å². The molecular formula is C21H25F2N5OS. The average molecular weight is 434 g/mol. The van der Waals surface area contributed by atoms with E-state index in [9.17, 15) is 13.6 Å². The highest BCUT2D eigenvalue weighted by molar-refractivity contribution is 7.13. The number of thiazole rings is 1. The highest BCUT2D eigenvalue weighted by Crippen LogP contribution is 2.27. The number of hydrogen-bond donors (Lipinski definition) is 1. The Kier molecular flexibility index (Phi) is 6.10. The van der Waals surface area contributed by atoms with Crippen LogP contribution in [-0.2, 0) is 11.3 Å². The largest absolute Gasteiger partial charge is 0.318 e. The van der Waals surface area contributed by atoms with Gasteiger partial charge in [-0.1, -0.05) is 20.3 Å². The van der Waals surface area contributed by atoms with Crippen LogP contribution in [0.2, 0.25) is 0 Å². The summed E-state index contributed by atoms with van der Waals surface area (Å²) in [5, 5.41) is 5.41. The lowest BCUT2D eigenvalue weighted by molar-refractivity contribution is -0.120. The Hall–Kier alpha value is -2.39. The fourth-order valence-corrected chi connectivity index (χ4v) is 4.66. The van der Waals surface area contributed by atoms with E-state index in [-0.39, 0.29) is 11.8 Å². The molecule has 0 aliphatic carbocycles. The molecular weight excluding hydrogens is 408 g/mol. The van der Waals surface area contributed by atoms with Crippen molar-refractivity contribution in [1.29, 1.82) is 0 Å². The number of piperidine rings is 1. The number of nitrogens with one attached hydrogen (secondary N) is 1. The Morgan fingerprint density at radius 2 is 1.93 bits per heavy atom. The van der Waals surface area contributed by atoms with Crippen molar-refractivity contribution in [2.75, 3.05) is 18.4 Å². The fourth-order valence-electron chi connectivity index (χ4n) is 3.96. The van der Waals surface area contributed by atoms with Crippen LogP contribution in [0.5, 0.6) is 0 Å². The van der Waals surface area contributed by atoms with Crippen molar-refractivity contribution in [3.63, 3.8) is 0 Å². The molecule has 30 heavy (non-hydrogen) atoms. The predicted molar refractivity (Wildman–Crippen MR) is 113 cm³/mol. The van der Waals surface area contributed by atoms with Crippen molar-refractivity contribution in [3.05, 3.63) is 41.2 Å². The number of fused-ring (bicyclic) bond motifs is 1. The number of likely N-dealkylation sites (tertiary alicyclic amines) is 1. The van der Waals surface area contributed by atoms with Gasteiger partial charge in [-0.2, -0.15) is 0 Å². The van der Waals surface area contributed by atoms with Crippen molar-refractivity contribution < 1.29 is 13.6 Å². The van der Waals surface area contributed by atoms with E-state index in [1.807, 2.05) is 19.2 Å². The van der Waals surface area contributed by atoms with Gasteiger partial charge in [-0.25, -0.2) is 18.7 Å². The summed E-state index contributed by atoms with van der Waals surface area (Å²) in [5.74, 6) is -2.27.